The van der Waals surface area contributed by atoms with Gasteiger partial charge in [0.1, 0.15) is 5.75 Å². The van der Waals surface area contributed by atoms with Gasteiger partial charge in [-0.1, -0.05) is 64.5 Å². The number of carbonyl (C=O) groups is 1. The zero-order chi connectivity index (χ0) is 23.0. The van der Waals surface area contributed by atoms with E-state index in [0.717, 1.165) is 42.3 Å². The molecule has 3 saturated carbocycles. The molecule has 0 bridgehead atoms. The lowest BCUT2D eigenvalue weighted by molar-refractivity contribution is -0.140. The summed E-state index contributed by atoms with van der Waals surface area (Å²) >= 11 is 0. The Morgan fingerprint density at radius 1 is 0.697 bits per heavy atom. The molecule has 0 unspecified atom stereocenters. The van der Waals surface area contributed by atoms with E-state index in [0.29, 0.717) is 5.92 Å². The second kappa shape index (κ2) is 12.4. The SMILES string of the molecule is CCC[C@H]1CC[C@H](c2ccc(OC(=O)C3CCC([C@H]4CC[C@H](CCC)CC4)CC3)cc2)CC1. The quantitative estimate of drug-likeness (QED) is 0.290. The molecule has 3 aliphatic carbocycles. The summed E-state index contributed by atoms with van der Waals surface area (Å²) < 4.78 is 5.83. The number of carbonyl (C=O) groups excluding carboxylic acids is 1. The van der Waals surface area contributed by atoms with Crippen LogP contribution >= 0.6 is 0 Å². The zero-order valence-corrected chi connectivity index (χ0v) is 21.4. The molecule has 0 radical (unpaired) electrons. The Kier molecular flexibility index (Phi) is 9.33. The van der Waals surface area contributed by atoms with Gasteiger partial charge >= 0.3 is 5.97 Å². The highest BCUT2D eigenvalue weighted by Gasteiger charge is 2.33. The second-order valence-corrected chi connectivity index (χ2v) is 11.7. The number of hydrogen-bond donors (Lipinski definition) is 0. The van der Waals surface area contributed by atoms with E-state index in [-0.39, 0.29) is 11.9 Å². The molecule has 1 aromatic rings. The van der Waals surface area contributed by atoms with Crippen molar-refractivity contribution >= 4 is 5.97 Å². The molecule has 33 heavy (non-hydrogen) atoms. The maximum Gasteiger partial charge on any atom is 0.314 e. The van der Waals surface area contributed by atoms with E-state index in [4.69, 9.17) is 4.74 Å². The summed E-state index contributed by atoms with van der Waals surface area (Å²) in [4.78, 5) is 12.8. The highest BCUT2D eigenvalue weighted by atomic mass is 16.5. The van der Waals surface area contributed by atoms with Crippen molar-refractivity contribution in [3.05, 3.63) is 29.8 Å². The minimum Gasteiger partial charge on any atom is -0.426 e. The summed E-state index contributed by atoms with van der Waals surface area (Å²) in [6.45, 7) is 4.62. The van der Waals surface area contributed by atoms with Crippen LogP contribution in [0, 0.1) is 29.6 Å². The van der Waals surface area contributed by atoms with Gasteiger partial charge in [0.25, 0.3) is 0 Å². The fraction of sp³-hybridized carbons (Fsp3) is 0.774. The first-order valence-electron chi connectivity index (χ1n) is 14.5. The van der Waals surface area contributed by atoms with E-state index < -0.39 is 0 Å². The summed E-state index contributed by atoms with van der Waals surface area (Å²) in [7, 11) is 0. The van der Waals surface area contributed by atoms with Gasteiger partial charge in [-0.25, -0.2) is 0 Å². The molecule has 3 fully saturated rings. The van der Waals surface area contributed by atoms with E-state index in [1.807, 2.05) is 12.1 Å². The second-order valence-electron chi connectivity index (χ2n) is 11.7. The predicted octanol–water partition coefficient (Wildman–Crippen LogP) is 9.08. The molecule has 0 aliphatic heterocycles. The van der Waals surface area contributed by atoms with Gasteiger partial charge in [0.05, 0.1) is 5.92 Å². The first-order valence-corrected chi connectivity index (χ1v) is 14.5. The third kappa shape index (κ3) is 6.86. The van der Waals surface area contributed by atoms with Crippen molar-refractivity contribution in [2.24, 2.45) is 29.6 Å². The molecular weight excluding hydrogens is 404 g/mol. The lowest BCUT2D eigenvalue weighted by Gasteiger charge is -2.37. The van der Waals surface area contributed by atoms with E-state index in [1.165, 1.54) is 95.5 Å². The van der Waals surface area contributed by atoms with Crippen molar-refractivity contribution in [3.63, 3.8) is 0 Å². The monoisotopic (exact) mass is 452 g/mol. The Bertz CT molecular complexity index is 699. The van der Waals surface area contributed by atoms with Crippen molar-refractivity contribution in [3.8, 4) is 5.75 Å². The summed E-state index contributed by atoms with van der Waals surface area (Å²) in [5.41, 5.74) is 1.43. The van der Waals surface area contributed by atoms with E-state index >= 15 is 0 Å². The van der Waals surface area contributed by atoms with Gasteiger partial charge in [0.15, 0.2) is 0 Å². The Labute approximate surface area is 203 Å². The maximum absolute atomic E-state index is 12.8. The third-order valence-electron chi connectivity index (χ3n) is 9.47. The van der Waals surface area contributed by atoms with Crippen LogP contribution in [0.2, 0.25) is 0 Å². The number of benzene rings is 1. The van der Waals surface area contributed by atoms with Crippen molar-refractivity contribution in [1.29, 1.82) is 0 Å². The summed E-state index contributed by atoms with van der Waals surface area (Å²) in [6, 6.07) is 8.48. The molecule has 2 heteroatoms. The van der Waals surface area contributed by atoms with Gasteiger partial charge in [0.2, 0.25) is 0 Å². The Hall–Kier alpha value is -1.31. The molecule has 0 atom stereocenters. The first kappa shape index (κ1) is 24.8. The van der Waals surface area contributed by atoms with Crippen LogP contribution in [0.15, 0.2) is 24.3 Å². The standard InChI is InChI=1S/C31H48O2/c1-3-5-23-7-11-25(12-8-23)27-15-17-29(18-16-27)31(32)33-30-21-19-28(20-22-30)26-13-9-24(6-4-2)10-14-26/h19-27,29H,3-18H2,1-2H3/t23-,24-,25-,26-,27?,29?. The molecule has 0 amide bonds. The smallest absolute Gasteiger partial charge is 0.314 e. The lowest BCUT2D eigenvalue weighted by atomic mass is 9.69. The van der Waals surface area contributed by atoms with Crippen molar-refractivity contribution in [2.75, 3.05) is 0 Å². The van der Waals surface area contributed by atoms with Crippen LogP contribution in [-0.2, 0) is 4.79 Å². The molecule has 0 N–H and O–H groups in total. The average Bonchev–Trinajstić information content (AvgIpc) is 2.86. The highest BCUT2D eigenvalue weighted by molar-refractivity contribution is 5.75. The zero-order valence-electron chi connectivity index (χ0n) is 21.4. The minimum atomic E-state index is 0.00734. The summed E-state index contributed by atoms with van der Waals surface area (Å²) in [5, 5.41) is 0. The number of esters is 1. The topological polar surface area (TPSA) is 26.3 Å². The Balaban J connectivity index is 1.19. The maximum atomic E-state index is 12.8. The number of ether oxygens (including phenoxy) is 1. The molecule has 0 saturated heterocycles. The lowest BCUT2D eigenvalue weighted by Crippen LogP contribution is -2.30. The van der Waals surface area contributed by atoms with Crippen molar-refractivity contribution in [1.82, 2.24) is 0 Å². The van der Waals surface area contributed by atoms with Gasteiger partial charge in [-0.2, -0.15) is 0 Å². The van der Waals surface area contributed by atoms with Crippen LogP contribution in [0.3, 0.4) is 0 Å². The molecular formula is C31H48O2. The van der Waals surface area contributed by atoms with Crippen molar-refractivity contribution in [2.45, 2.75) is 122 Å². The number of rotatable bonds is 8. The van der Waals surface area contributed by atoms with Crippen LogP contribution in [0.5, 0.6) is 5.75 Å². The molecule has 2 nitrogen and oxygen atoms in total. The van der Waals surface area contributed by atoms with E-state index in [2.05, 4.69) is 26.0 Å². The predicted molar refractivity (Wildman–Crippen MR) is 137 cm³/mol. The van der Waals surface area contributed by atoms with Crippen LogP contribution in [-0.4, -0.2) is 5.97 Å². The average molecular weight is 453 g/mol. The van der Waals surface area contributed by atoms with Crippen LogP contribution in [0.4, 0.5) is 0 Å². The highest BCUT2D eigenvalue weighted by Crippen LogP contribution is 2.42. The molecule has 0 aromatic heterocycles. The molecule has 184 valence electrons. The van der Waals surface area contributed by atoms with Crippen LogP contribution in [0.25, 0.3) is 0 Å². The minimum absolute atomic E-state index is 0.00734. The normalized spacial score (nSPS) is 32.9. The van der Waals surface area contributed by atoms with Gasteiger partial charge in [-0.15, -0.1) is 0 Å². The largest absolute Gasteiger partial charge is 0.426 e. The third-order valence-corrected chi connectivity index (χ3v) is 9.47. The molecule has 0 heterocycles. The fourth-order valence-corrected chi connectivity index (χ4v) is 7.38. The van der Waals surface area contributed by atoms with Gasteiger partial charge in [-0.3, -0.25) is 4.79 Å². The van der Waals surface area contributed by atoms with E-state index in [1.54, 1.807) is 0 Å². The first-order chi connectivity index (χ1) is 16.2. The molecule has 0 spiro atoms. The molecule has 1 aromatic carbocycles. The molecule has 3 aliphatic rings. The summed E-state index contributed by atoms with van der Waals surface area (Å²) in [6.07, 6.45) is 21.1. The van der Waals surface area contributed by atoms with Crippen molar-refractivity contribution < 1.29 is 9.53 Å². The Morgan fingerprint density at radius 3 is 1.70 bits per heavy atom. The van der Waals surface area contributed by atoms with E-state index in [9.17, 15) is 4.79 Å². The van der Waals surface area contributed by atoms with Gasteiger partial charge in [0, 0.05) is 0 Å². The Morgan fingerprint density at radius 2 is 1.18 bits per heavy atom. The van der Waals surface area contributed by atoms with Crippen LogP contribution in [0.1, 0.15) is 128 Å². The fourth-order valence-electron chi connectivity index (χ4n) is 7.38. The van der Waals surface area contributed by atoms with Crippen LogP contribution < -0.4 is 4.74 Å². The summed E-state index contributed by atoms with van der Waals surface area (Å²) in [5.74, 6) is 5.23. The molecule has 4 rings (SSSR count). The number of hydrogen-bond acceptors (Lipinski definition) is 2. The van der Waals surface area contributed by atoms with Gasteiger partial charge in [-0.05, 0) is 111 Å². The van der Waals surface area contributed by atoms with Gasteiger partial charge < -0.3 is 4.74 Å².